The average Bonchev–Trinajstić information content (AvgIpc) is 3.10. The van der Waals surface area contributed by atoms with Gasteiger partial charge in [-0.1, -0.05) is 0 Å². The molecule has 1 amide bonds. The minimum absolute atomic E-state index is 0.0567. The molecule has 0 aliphatic rings. The summed E-state index contributed by atoms with van der Waals surface area (Å²) in [5, 5.41) is 4.72. The summed E-state index contributed by atoms with van der Waals surface area (Å²) < 4.78 is 19.8. The molecule has 0 radical (unpaired) electrons. The van der Waals surface area contributed by atoms with Crippen molar-refractivity contribution in [3.05, 3.63) is 47.4 Å². The van der Waals surface area contributed by atoms with E-state index >= 15 is 0 Å². The van der Waals surface area contributed by atoms with E-state index in [1.807, 2.05) is 16.0 Å². The van der Waals surface area contributed by atoms with Crippen LogP contribution in [0.2, 0.25) is 0 Å². The number of aromatic nitrogens is 2. The molecule has 1 aromatic carbocycles. The summed E-state index contributed by atoms with van der Waals surface area (Å²) in [5.41, 5.74) is 2.48. The van der Waals surface area contributed by atoms with Gasteiger partial charge in [-0.2, -0.15) is 0 Å². The van der Waals surface area contributed by atoms with Crippen LogP contribution in [0.4, 0.5) is 4.39 Å². The first-order valence-corrected chi connectivity index (χ1v) is 8.02. The predicted octanol–water partition coefficient (Wildman–Crippen LogP) is 2.51. The van der Waals surface area contributed by atoms with Crippen LogP contribution >= 0.6 is 11.3 Å². The van der Waals surface area contributed by atoms with E-state index in [9.17, 15) is 9.18 Å². The number of halogens is 1. The van der Waals surface area contributed by atoms with Gasteiger partial charge in [0.2, 0.25) is 5.91 Å². The Morgan fingerprint density at radius 2 is 2.17 bits per heavy atom. The minimum atomic E-state index is -0.275. The zero-order valence-corrected chi connectivity index (χ0v) is 13.4. The number of carbonyl (C=O) groups is 1. The monoisotopic (exact) mass is 333 g/mol. The number of nitrogens with one attached hydrogen (secondary N) is 1. The number of amides is 1. The Morgan fingerprint density at radius 1 is 1.39 bits per heavy atom. The lowest BCUT2D eigenvalue weighted by Crippen LogP contribution is -2.28. The van der Waals surface area contributed by atoms with Crippen LogP contribution < -0.4 is 5.32 Å². The fraction of sp³-hybridized carbons (Fsp3) is 0.250. The number of methoxy groups -OCH3 is 1. The minimum Gasteiger partial charge on any atom is -0.383 e. The number of nitrogens with zero attached hydrogens (tertiary/aromatic N) is 2. The number of hydrogen-bond donors (Lipinski definition) is 1. The Bertz CT molecular complexity index is 810. The van der Waals surface area contributed by atoms with Crippen molar-refractivity contribution >= 4 is 22.2 Å². The second-order valence-electron chi connectivity index (χ2n) is 5.03. The lowest BCUT2D eigenvalue weighted by atomic mass is 10.2. The molecule has 5 nitrogen and oxygen atoms in total. The van der Waals surface area contributed by atoms with Crippen molar-refractivity contribution < 1.29 is 13.9 Å². The van der Waals surface area contributed by atoms with Gasteiger partial charge in [0.15, 0.2) is 4.96 Å². The summed E-state index contributed by atoms with van der Waals surface area (Å²) in [4.78, 5) is 17.2. The fourth-order valence-electron chi connectivity index (χ4n) is 2.24. The number of fused-ring (bicyclic) bond motifs is 1. The van der Waals surface area contributed by atoms with E-state index in [4.69, 9.17) is 4.74 Å². The van der Waals surface area contributed by atoms with Crippen molar-refractivity contribution in [3.63, 3.8) is 0 Å². The molecule has 0 spiro atoms. The molecule has 3 aromatic rings. The lowest BCUT2D eigenvalue weighted by molar-refractivity contribution is -0.120. The van der Waals surface area contributed by atoms with Gasteiger partial charge in [0.25, 0.3) is 0 Å². The number of hydrogen-bond acceptors (Lipinski definition) is 4. The number of rotatable bonds is 6. The van der Waals surface area contributed by atoms with E-state index < -0.39 is 0 Å². The molecular formula is C16H16FN3O2S. The standard InChI is InChI=1S/C16H16FN3O2S/c1-22-7-6-18-15(21)8-13-10-23-16-19-14(9-20(13)16)11-2-4-12(17)5-3-11/h2-5,9-10H,6-8H2,1H3,(H,18,21). The summed E-state index contributed by atoms with van der Waals surface area (Å²) in [5.74, 6) is -0.332. The summed E-state index contributed by atoms with van der Waals surface area (Å²) in [6.45, 7) is 0.984. The van der Waals surface area contributed by atoms with Crippen LogP contribution in [0, 0.1) is 5.82 Å². The summed E-state index contributed by atoms with van der Waals surface area (Å²) in [7, 11) is 1.59. The molecule has 0 saturated carbocycles. The van der Waals surface area contributed by atoms with Crippen molar-refractivity contribution in [1.82, 2.24) is 14.7 Å². The van der Waals surface area contributed by atoms with Gasteiger partial charge in [0.1, 0.15) is 5.82 Å². The van der Waals surface area contributed by atoms with E-state index in [-0.39, 0.29) is 18.1 Å². The molecule has 3 rings (SSSR count). The maximum atomic E-state index is 13.0. The van der Waals surface area contributed by atoms with E-state index in [0.29, 0.717) is 13.2 Å². The van der Waals surface area contributed by atoms with Crippen LogP contribution in [0.3, 0.4) is 0 Å². The third kappa shape index (κ3) is 3.57. The smallest absolute Gasteiger partial charge is 0.226 e. The van der Waals surface area contributed by atoms with Crippen molar-refractivity contribution in [1.29, 1.82) is 0 Å². The van der Waals surface area contributed by atoms with Crippen LogP contribution in [0.1, 0.15) is 5.69 Å². The van der Waals surface area contributed by atoms with Gasteiger partial charge in [-0.15, -0.1) is 11.3 Å². The Balaban J connectivity index is 1.78. The maximum Gasteiger partial charge on any atom is 0.226 e. The summed E-state index contributed by atoms with van der Waals surface area (Å²) in [6.07, 6.45) is 2.15. The van der Waals surface area contributed by atoms with Crippen LogP contribution in [0.25, 0.3) is 16.2 Å². The molecule has 0 unspecified atom stereocenters. The van der Waals surface area contributed by atoms with Crippen molar-refractivity contribution in [3.8, 4) is 11.3 Å². The van der Waals surface area contributed by atoms with Gasteiger partial charge in [-0.05, 0) is 24.3 Å². The topological polar surface area (TPSA) is 55.6 Å². The predicted molar refractivity (Wildman–Crippen MR) is 87.1 cm³/mol. The third-order valence-corrected chi connectivity index (χ3v) is 4.28. The molecule has 120 valence electrons. The molecular weight excluding hydrogens is 317 g/mol. The zero-order valence-electron chi connectivity index (χ0n) is 12.6. The Hall–Kier alpha value is -2.25. The van der Waals surface area contributed by atoms with Crippen molar-refractivity contribution in [2.45, 2.75) is 6.42 Å². The van der Waals surface area contributed by atoms with Crippen LogP contribution in [0.15, 0.2) is 35.8 Å². The second kappa shape index (κ2) is 6.89. The first kappa shape index (κ1) is 15.6. The highest BCUT2D eigenvalue weighted by atomic mass is 32.1. The van der Waals surface area contributed by atoms with Gasteiger partial charge in [-0.25, -0.2) is 9.37 Å². The Morgan fingerprint density at radius 3 is 2.91 bits per heavy atom. The fourth-order valence-corrected chi connectivity index (χ4v) is 3.11. The molecule has 7 heteroatoms. The summed E-state index contributed by atoms with van der Waals surface area (Å²) >= 11 is 1.48. The van der Waals surface area contributed by atoms with Crippen molar-refractivity contribution in [2.75, 3.05) is 20.3 Å². The van der Waals surface area contributed by atoms with E-state index in [0.717, 1.165) is 21.9 Å². The number of ether oxygens (including phenoxy) is 1. The number of carbonyl (C=O) groups excluding carboxylic acids is 1. The Labute approximate surface area is 136 Å². The molecule has 0 aliphatic carbocycles. The molecule has 1 N–H and O–H groups in total. The van der Waals surface area contributed by atoms with Crippen molar-refractivity contribution in [2.24, 2.45) is 0 Å². The maximum absolute atomic E-state index is 13.0. The molecule has 0 fully saturated rings. The van der Waals surface area contributed by atoms with Crippen LogP contribution in [-0.4, -0.2) is 35.6 Å². The molecule has 23 heavy (non-hydrogen) atoms. The highest BCUT2D eigenvalue weighted by molar-refractivity contribution is 7.15. The normalized spacial score (nSPS) is 11.0. The molecule has 2 aromatic heterocycles. The first-order chi connectivity index (χ1) is 11.2. The van der Waals surface area contributed by atoms with Gasteiger partial charge >= 0.3 is 0 Å². The second-order valence-corrected chi connectivity index (χ2v) is 5.87. The SMILES string of the molecule is COCCNC(=O)Cc1csc2nc(-c3ccc(F)cc3)cn12. The number of benzene rings is 1. The molecule has 0 atom stereocenters. The summed E-state index contributed by atoms with van der Waals surface area (Å²) in [6, 6.07) is 6.21. The van der Waals surface area contributed by atoms with E-state index in [1.165, 1.54) is 23.5 Å². The molecule has 0 aliphatic heterocycles. The molecule has 2 heterocycles. The van der Waals surface area contributed by atoms with Gasteiger partial charge in [0, 0.05) is 36.5 Å². The highest BCUT2D eigenvalue weighted by Crippen LogP contribution is 2.24. The first-order valence-electron chi connectivity index (χ1n) is 7.14. The average molecular weight is 333 g/mol. The quantitative estimate of drug-likeness (QED) is 0.705. The highest BCUT2D eigenvalue weighted by Gasteiger charge is 2.12. The number of thiazole rings is 1. The molecule has 0 saturated heterocycles. The van der Waals surface area contributed by atoms with Gasteiger partial charge in [-0.3, -0.25) is 9.20 Å². The van der Waals surface area contributed by atoms with E-state index in [1.54, 1.807) is 19.2 Å². The van der Waals surface area contributed by atoms with Crippen LogP contribution in [0.5, 0.6) is 0 Å². The third-order valence-electron chi connectivity index (χ3n) is 3.39. The largest absolute Gasteiger partial charge is 0.383 e. The van der Waals surface area contributed by atoms with Crippen LogP contribution in [-0.2, 0) is 16.0 Å². The number of imidazole rings is 1. The van der Waals surface area contributed by atoms with E-state index in [2.05, 4.69) is 10.3 Å². The van der Waals surface area contributed by atoms with Gasteiger partial charge in [0.05, 0.1) is 18.7 Å². The van der Waals surface area contributed by atoms with Gasteiger partial charge < -0.3 is 10.1 Å². The lowest BCUT2D eigenvalue weighted by Gasteiger charge is -2.03. The molecule has 0 bridgehead atoms. The Kier molecular flexibility index (Phi) is 4.68. The zero-order chi connectivity index (χ0) is 16.2.